The molecular weight excluding hydrogens is 364 g/mol. The first-order chi connectivity index (χ1) is 12.5. The molecule has 1 aliphatic rings. The Labute approximate surface area is 152 Å². The number of carbonyl (C=O) groups excluding carboxylic acids is 1. The molecule has 3 aromatic rings. The van der Waals surface area contributed by atoms with Crippen molar-refractivity contribution < 1.29 is 18.1 Å². The summed E-state index contributed by atoms with van der Waals surface area (Å²) >= 11 is 5.91. The Kier molecular flexibility index (Phi) is 4.16. The van der Waals surface area contributed by atoms with Gasteiger partial charge in [-0.15, -0.1) is 0 Å². The molecule has 0 aliphatic carbocycles. The second-order valence-corrected chi connectivity index (χ2v) is 6.41. The molecule has 0 N–H and O–H groups in total. The lowest BCUT2D eigenvalue weighted by Crippen LogP contribution is -2.25. The standard InChI is InChI=1S/C18H12ClF2N3O2/c19-12-4-5-14(21)15(8-12)24-9-11(7-16(24)25)17-22-18(26-23-17)10-2-1-3-13(20)6-10/h1-6,8,11H,7,9H2. The van der Waals surface area contributed by atoms with Crippen molar-refractivity contribution in [1.29, 1.82) is 0 Å². The lowest BCUT2D eigenvalue weighted by molar-refractivity contribution is -0.117. The quantitative estimate of drug-likeness (QED) is 0.688. The van der Waals surface area contributed by atoms with E-state index in [9.17, 15) is 13.6 Å². The average molecular weight is 376 g/mol. The van der Waals surface area contributed by atoms with Gasteiger partial charge in [-0.3, -0.25) is 4.79 Å². The van der Waals surface area contributed by atoms with Gasteiger partial charge in [0.1, 0.15) is 11.6 Å². The zero-order valence-electron chi connectivity index (χ0n) is 13.3. The van der Waals surface area contributed by atoms with Crippen LogP contribution in [0.25, 0.3) is 11.5 Å². The van der Waals surface area contributed by atoms with E-state index in [4.69, 9.17) is 16.1 Å². The molecule has 4 rings (SSSR count). The topological polar surface area (TPSA) is 59.2 Å². The molecule has 132 valence electrons. The number of hydrogen-bond acceptors (Lipinski definition) is 4. The Morgan fingerprint density at radius 3 is 2.85 bits per heavy atom. The summed E-state index contributed by atoms with van der Waals surface area (Å²) < 4.78 is 32.6. The number of hydrogen-bond donors (Lipinski definition) is 0. The summed E-state index contributed by atoms with van der Waals surface area (Å²) in [6.07, 6.45) is 0.119. The van der Waals surface area contributed by atoms with Crippen molar-refractivity contribution in [3.05, 3.63) is 64.9 Å². The fourth-order valence-electron chi connectivity index (χ4n) is 2.95. The van der Waals surface area contributed by atoms with Gasteiger partial charge >= 0.3 is 0 Å². The molecule has 1 amide bonds. The van der Waals surface area contributed by atoms with Crippen LogP contribution in [0.3, 0.4) is 0 Å². The fraction of sp³-hybridized carbons (Fsp3) is 0.167. The van der Waals surface area contributed by atoms with Crippen LogP contribution < -0.4 is 4.90 Å². The zero-order chi connectivity index (χ0) is 18.3. The Morgan fingerprint density at radius 1 is 1.19 bits per heavy atom. The van der Waals surface area contributed by atoms with Gasteiger partial charge in [0.05, 0.1) is 5.69 Å². The molecule has 0 spiro atoms. The number of amides is 1. The molecule has 2 aromatic carbocycles. The van der Waals surface area contributed by atoms with Crippen LogP contribution >= 0.6 is 11.6 Å². The minimum atomic E-state index is -0.531. The van der Waals surface area contributed by atoms with Crippen LogP contribution in [0.2, 0.25) is 5.02 Å². The Hall–Kier alpha value is -2.80. The summed E-state index contributed by atoms with van der Waals surface area (Å²) in [5.74, 6) is -1.07. The van der Waals surface area contributed by atoms with E-state index < -0.39 is 11.6 Å². The first-order valence-electron chi connectivity index (χ1n) is 7.86. The predicted octanol–water partition coefficient (Wildman–Crippen LogP) is 4.19. The molecule has 0 bridgehead atoms. The third-order valence-electron chi connectivity index (χ3n) is 4.20. The van der Waals surface area contributed by atoms with Gasteiger partial charge in [0, 0.05) is 29.5 Å². The monoisotopic (exact) mass is 375 g/mol. The third kappa shape index (κ3) is 3.06. The van der Waals surface area contributed by atoms with Crippen molar-refractivity contribution in [2.75, 3.05) is 11.4 Å². The summed E-state index contributed by atoms with van der Waals surface area (Å²) in [7, 11) is 0. The maximum atomic E-state index is 14.0. The highest BCUT2D eigenvalue weighted by Gasteiger charge is 2.35. The molecule has 1 fully saturated rings. The van der Waals surface area contributed by atoms with Crippen molar-refractivity contribution in [1.82, 2.24) is 10.1 Å². The fourth-order valence-corrected chi connectivity index (χ4v) is 3.11. The summed E-state index contributed by atoms with van der Waals surface area (Å²) in [6, 6.07) is 9.83. The van der Waals surface area contributed by atoms with E-state index in [1.807, 2.05) is 0 Å². The summed E-state index contributed by atoms with van der Waals surface area (Å²) in [6.45, 7) is 0.207. The van der Waals surface area contributed by atoms with Crippen LogP contribution in [-0.2, 0) is 4.79 Å². The number of anilines is 1. The second-order valence-electron chi connectivity index (χ2n) is 5.97. The molecule has 1 aromatic heterocycles. The van der Waals surface area contributed by atoms with E-state index in [2.05, 4.69) is 10.1 Å². The SMILES string of the molecule is O=C1CC(c2noc(-c3cccc(F)c3)n2)CN1c1cc(Cl)ccc1F. The molecule has 1 saturated heterocycles. The molecule has 1 unspecified atom stereocenters. The molecule has 26 heavy (non-hydrogen) atoms. The van der Waals surface area contributed by atoms with Gasteiger partial charge in [0.2, 0.25) is 5.91 Å². The molecule has 0 radical (unpaired) electrons. The Bertz CT molecular complexity index is 992. The van der Waals surface area contributed by atoms with Gasteiger partial charge < -0.3 is 9.42 Å². The number of benzene rings is 2. The molecule has 1 atom stereocenters. The minimum absolute atomic E-state index is 0.119. The Morgan fingerprint density at radius 2 is 2.04 bits per heavy atom. The summed E-state index contributed by atoms with van der Waals surface area (Å²) in [5.41, 5.74) is 0.574. The largest absolute Gasteiger partial charge is 0.334 e. The summed E-state index contributed by atoms with van der Waals surface area (Å²) in [5, 5.41) is 4.24. The smallest absolute Gasteiger partial charge is 0.258 e. The van der Waals surface area contributed by atoms with Crippen LogP contribution in [-0.4, -0.2) is 22.6 Å². The van der Waals surface area contributed by atoms with Crippen molar-refractivity contribution in [3.63, 3.8) is 0 Å². The van der Waals surface area contributed by atoms with Crippen molar-refractivity contribution in [2.45, 2.75) is 12.3 Å². The maximum Gasteiger partial charge on any atom is 0.258 e. The van der Waals surface area contributed by atoms with Gasteiger partial charge in [-0.2, -0.15) is 4.98 Å². The lowest BCUT2D eigenvalue weighted by Gasteiger charge is -2.17. The van der Waals surface area contributed by atoms with Crippen LogP contribution in [0, 0.1) is 11.6 Å². The highest BCUT2D eigenvalue weighted by atomic mass is 35.5. The van der Waals surface area contributed by atoms with Crippen molar-refractivity contribution in [3.8, 4) is 11.5 Å². The molecular formula is C18H12ClF2N3O2. The van der Waals surface area contributed by atoms with Crippen molar-refractivity contribution in [2.24, 2.45) is 0 Å². The normalized spacial score (nSPS) is 17.1. The first kappa shape index (κ1) is 16.7. The lowest BCUT2D eigenvalue weighted by atomic mass is 10.1. The van der Waals surface area contributed by atoms with E-state index in [1.54, 1.807) is 6.07 Å². The van der Waals surface area contributed by atoms with Gasteiger partial charge in [-0.1, -0.05) is 22.8 Å². The van der Waals surface area contributed by atoms with E-state index >= 15 is 0 Å². The van der Waals surface area contributed by atoms with Crippen LogP contribution in [0.15, 0.2) is 47.0 Å². The highest BCUT2D eigenvalue weighted by Crippen LogP contribution is 2.34. The van der Waals surface area contributed by atoms with Crippen LogP contribution in [0.5, 0.6) is 0 Å². The molecule has 0 saturated carbocycles. The van der Waals surface area contributed by atoms with Crippen LogP contribution in [0.1, 0.15) is 18.2 Å². The second kappa shape index (κ2) is 6.49. The highest BCUT2D eigenvalue weighted by molar-refractivity contribution is 6.31. The first-order valence-corrected chi connectivity index (χ1v) is 8.24. The number of rotatable bonds is 3. The third-order valence-corrected chi connectivity index (χ3v) is 4.44. The van der Waals surface area contributed by atoms with Gasteiger partial charge in [0.15, 0.2) is 5.82 Å². The minimum Gasteiger partial charge on any atom is -0.334 e. The van der Waals surface area contributed by atoms with Crippen LogP contribution in [0.4, 0.5) is 14.5 Å². The van der Waals surface area contributed by atoms with Gasteiger partial charge in [0.25, 0.3) is 5.89 Å². The Balaban J connectivity index is 1.59. The molecule has 2 heterocycles. The van der Waals surface area contributed by atoms with Gasteiger partial charge in [-0.05, 0) is 36.4 Å². The average Bonchev–Trinajstić information content (AvgIpc) is 3.24. The van der Waals surface area contributed by atoms with E-state index in [-0.39, 0.29) is 36.4 Å². The molecule has 1 aliphatic heterocycles. The number of halogens is 3. The predicted molar refractivity (Wildman–Crippen MR) is 90.8 cm³/mol. The molecule has 5 nitrogen and oxygen atoms in total. The van der Waals surface area contributed by atoms with Crippen molar-refractivity contribution >= 4 is 23.2 Å². The number of carbonyl (C=O) groups is 1. The number of nitrogens with zero attached hydrogens (tertiary/aromatic N) is 3. The summed E-state index contributed by atoms with van der Waals surface area (Å²) in [4.78, 5) is 17.9. The van der Waals surface area contributed by atoms with E-state index in [0.29, 0.717) is 16.4 Å². The van der Waals surface area contributed by atoms with E-state index in [1.165, 1.54) is 41.3 Å². The van der Waals surface area contributed by atoms with E-state index in [0.717, 1.165) is 0 Å². The maximum absolute atomic E-state index is 14.0. The molecule has 8 heteroatoms. The zero-order valence-corrected chi connectivity index (χ0v) is 14.1. The number of aromatic nitrogens is 2. The van der Waals surface area contributed by atoms with Gasteiger partial charge in [-0.25, -0.2) is 8.78 Å².